The monoisotopic (exact) mass is 259 g/mol. The van der Waals surface area contributed by atoms with Crippen LogP contribution in [0.2, 0.25) is 0 Å². The molecule has 1 aliphatic rings. The molecule has 0 atom stereocenters. The first kappa shape index (κ1) is 14.1. The molecule has 1 saturated heterocycles. The standard InChI is InChI=1S/C17H25NO/c1-2-3-7-15-8-10-16(11-9-15)14-17(19)18-12-5-4-6-13-18/h8-11H,2-7,12-14H2,1H3. The highest BCUT2D eigenvalue weighted by molar-refractivity contribution is 5.78. The highest BCUT2D eigenvalue weighted by Gasteiger charge is 2.16. The topological polar surface area (TPSA) is 20.3 Å². The lowest BCUT2D eigenvalue weighted by Gasteiger charge is -2.26. The molecule has 0 unspecified atom stereocenters. The summed E-state index contributed by atoms with van der Waals surface area (Å²) in [5.41, 5.74) is 2.53. The molecule has 0 aromatic heterocycles. The molecule has 1 heterocycles. The fraction of sp³-hybridized carbons (Fsp3) is 0.588. The number of rotatable bonds is 5. The number of unbranched alkanes of at least 4 members (excludes halogenated alkanes) is 1. The van der Waals surface area contributed by atoms with Crippen molar-refractivity contribution in [2.24, 2.45) is 0 Å². The summed E-state index contributed by atoms with van der Waals surface area (Å²) in [6.07, 6.45) is 7.80. The Morgan fingerprint density at radius 3 is 2.32 bits per heavy atom. The van der Waals surface area contributed by atoms with Gasteiger partial charge in [0.25, 0.3) is 0 Å². The Balaban J connectivity index is 1.86. The Morgan fingerprint density at radius 2 is 1.68 bits per heavy atom. The number of likely N-dealkylation sites (tertiary alicyclic amines) is 1. The second-order valence-electron chi connectivity index (χ2n) is 5.54. The van der Waals surface area contributed by atoms with Crippen LogP contribution in [0.25, 0.3) is 0 Å². The molecule has 0 aliphatic carbocycles. The summed E-state index contributed by atoms with van der Waals surface area (Å²) in [7, 11) is 0. The van der Waals surface area contributed by atoms with Gasteiger partial charge in [-0.3, -0.25) is 4.79 Å². The molecule has 2 heteroatoms. The predicted octanol–water partition coefficient (Wildman–Crippen LogP) is 3.58. The first-order chi connectivity index (χ1) is 9.29. The molecule has 1 aromatic carbocycles. The fourth-order valence-electron chi connectivity index (χ4n) is 2.63. The number of hydrogen-bond acceptors (Lipinski definition) is 1. The highest BCUT2D eigenvalue weighted by atomic mass is 16.2. The van der Waals surface area contributed by atoms with Gasteiger partial charge in [0.2, 0.25) is 5.91 Å². The van der Waals surface area contributed by atoms with Crippen molar-refractivity contribution >= 4 is 5.91 Å². The van der Waals surface area contributed by atoms with Crippen molar-refractivity contribution in [2.75, 3.05) is 13.1 Å². The molecule has 1 aliphatic heterocycles. The zero-order chi connectivity index (χ0) is 13.5. The molecule has 2 rings (SSSR count). The molecule has 1 amide bonds. The van der Waals surface area contributed by atoms with E-state index in [1.807, 2.05) is 4.90 Å². The third-order valence-corrected chi connectivity index (χ3v) is 3.91. The highest BCUT2D eigenvalue weighted by Crippen LogP contribution is 2.13. The Kier molecular flexibility index (Phi) is 5.44. The van der Waals surface area contributed by atoms with E-state index in [0.29, 0.717) is 12.3 Å². The van der Waals surface area contributed by atoms with Gasteiger partial charge < -0.3 is 4.90 Å². The lowest BCUT2D eigenvalue weighted by Crippen LogP contribution is -2.36. The van der Waals surface area contributed by atoms with Crippen LogP contribution in [0.4, 0.5) is 0 Å². The summed E-state index contributed by atoms with van der Waals surface area (Å²) < 4.78 is 0. The second kappa shape index (κ2) is 7.32. The van der Waals surface area contributed by atoms with E-state index in [0.717, 1.165) is 25.1 Å². The molecule has 0 spiro atoms. The van der Waals surface area contributed by atoms with Crippen molar-refractivity contribution in [3.63, 3.8) is 0 Å². The zero-order valence-corrected chi connectivity index (χ0v) is 12.0. The minimum atomic E-state index is 0.293. The van der Waals surface area contributed by atoms with Gasteiger partial charge in [0.15, 0.2) is 0 Å². The third kappa shape index (κ3) is 4.38. The Bertz CT molecular complexity index is 390. The Hall–Kier alpha value is -1.31. The molecular weight excluding hydrogens is 234 g/mol. The number of aryl methyl sites for hydroxylation is 1. The first-order valence-electron chi connectivity index (χ1n) is 7.65. The second-order valence-corrected chi connectivity index (χ2v) is 5.54. The van der Waals surface area contributed by atoms with Gasteiger partial charge in [0, 0.05) is 13.1 Å². The number of carbonyl (C=O) groups is 1. The van der Waals surface area contributed by atoms with Gasteiger partial charge in [0.1, 0.15) is 0 Å². The third-order valence-electron chi connectivity index (χ3n) is 3.91. The van der Waals surface area contributed by atoms with Crippen LogP contribution in [0.3, 0.4) is 0 Å². The SMILES string of the molecule is CCCCc1ccc(CC(=O)N2CCCCC2)cc1. The zero-order valence-electron chi connectivity index (χ0n) is 12.0. The van der Waals surface area contributed by atoms with Crippen LogP contribution in [0, 0.1) is 0 Å². The van der Waals surface area contributed by atoms with Crippen molar-refractivity contribution in [2.45, 2.75) is 51.9 Å². The molecule has 1 aromatic rings. The van der Waals surface area contributed by atoms with Crippen LogP contribution < -0.4 is 0 Å². The molecule has 1 fully saturated rings. The average Bonchev–Trinajstić information content (AvgIpc) is 2.47. The van der Waals surface area contributed by atoms with Crippen molar-refractivity contribution < 1.29 is 4.79 Å². The van der Waals surface area contributed by atoms with Crippen LogP contribution in [0.5, 0.6) is 0 Å². The molecule has 0 N–H and O–H groups in total. The number of carbonyl (C=O) groups excluding carboxylic acids is 1. The normalized spacial score (nSPS) is 15.5. The minimum absolute atomic E-state index is 0.293. The van der Waals surface area contributed by atoms with Gasteiger partial charge in [-0.25, -0.2) is 0 Å². The van der Waals surface area contributed by atoms with E-state index in [9.17, 15) is 4.79 Å². The van der Waals surface area contributed by atoms with Crippen LogP contribution in [-0.2, 0) is 17.6 Å². The number of hydrogen-bond donors (Lipinski definition) is 0. The van der Waals surface area contributed by atoms with E-state index < -0.39 is 0 Å². The molecule has 19 heavy (non-hydrogen) atoms. The predicted molar refractivity (Wildman–Crippen MR) is 79.2 cm³/mol. The van der Waals surface area contributed by atoms with Gasteiger partial charge in [0.05, 0.1) is 6.42 Å². The summed E-state index contributed by atoms with van der Waals surface area (Å²) in [4.78, 5) is 14.2. The fourth-order valence-corrected chi connectivity index (χ4v) is 2.63. The summed E-state index contributed by atoms with van der Waals surface area (Å²) in [6.45, 7) is 4.12. The van der Waals surface area contributed by atoms with Crippen molar-refractivity contribution in [3.05, 3.63) is 35.4 Å². The van der Waals surface area contributed by atoms with E-state index >= 15 is 0 Å². The number of benzene rings is 1. The van der Waals surface area contributed by atoms with E-state index in [1.54, 1.807) is 0 Å². The summed E-state index contributed by atoms with van der Waals surface area (Å²) in [5, 5.41) is 0. The Labute approximate surface area is 116 Å². The maximum atomic E-state index is 12.2. The van der Waals surface area contributed by atoms with Gasteiger partial charge in [-0.05, 0) is 43.2 Å². The van der Waals surface area contributed by atoms with Gasteiger partial charge >= 0.3 is 0 Å². The van der Waals surface area contributed by atoms with Crippen LogP contribution in [0.1, 0.15) is 50.2 Å². The van der Waals surface area contributed by atoms with E-state index in [4.69, 9.17) is 0 Å². The smallest absolute Gasteiger partial charge is 0.226 e. The van der Waals surface area contributed by atoms with Crippen LogP contribution in [0.15, 0.2) is 24.3 Å². The van der Waals surface area contributed by atoms with E-state index in [1.165, 1.54) is 37.7 Å². The molecule has 0 saturated carbocycles. The average molecular weight is 259 g/mol. The van der Waals surface area contributed by atoms with E-state index in [-0.39, 0.29) is 0 Å². The first-order valence-corrected chi connectivity index (χ1v) is 7.65. The lowest BCUT2D eigenvalue weighted by atomic mass is 10.0. The summed E-state index contributed by atoms with van der Waals surface area (Å²) in [6, 6.07) is 8.59. The van der Waals surface area contributed by atoms with Crippen molar-refractivity contribution in [1.82, 2.24) is 4.90 Å². The summed E-state index contributed by atoms with van der Waals surface area (Å²) in [5.74, 6) is 0.293. The summed E-state index contributed by atoms with van der Waals surface area (Å²) >= 11 is 0. The maximum Gasteiger partial charge on any atom is 0.226 e. The molecule has 0 radical (unpaired) electrons. The van der Waals surface area contributed by atoms with E-state index in [2.05, 4.69) is 31.2 Å². The quantitative estimate of drug-likeness (QED) is 0.791. The van der Waals surface area contributed by atoms with Gasteiger partial charge in [-0.1, -0.05) is 37.6 Å². The number of amides is 1. The van der Waals surface area contributed by atoms with Crippen molar-refractivity contribution in [3.8, 4) is 0 Å². The molecular formula is C17H25NO. The van der Waals surface area contributed by atoms with Crippen molar-refractivity contribution in [1.29, 1.82) is 0 Å². The van der Waals surface area contributed by atoms with Crippen LogP contribution in [-0.4, -0.2) is 23.9 Å². The largest absolute Gasteiger partial charge is 0.342 e. The Morgan fingerprint density at radius 1 is 1.05 bits per heavy atom. The number of piperidine rings is 1. The maximum absolute atomic E-state index is 12.2. The molecule has 0 bridgehead atoms. The molecule has 104 valence electrons. The van der Waals surface area contributed by atoms with Gasteiger partial charge in [-0.2, -0.15) is 0 Å². The lowest BCUT2D eigenvalue weighted by molar-refractivity contribution is -0.131. The van der Waals surface area contributed by atoms with Gasteiger partial charge in [-0.15, -0.1) is 0 Å². The number of nitrogens with zero attached hydrogens (tertiary/aromatic N) is 1. The van der Waals surface area contributed by atoms with Crippen LogP contribution >= 0.6 is 0 Å². The molecule has 2 nitrogen and oxygen atoms in total. The minimum Gasteiger partial charge on any atom is -0.342 e.